The van der Waals surface area contributed by atoms with Gasteiger partial charge < -0.3 is 10.2 Å². The van der Waals surface area contributed by atoms with Crippen LogP contribution >= 0.6 is 0 Å². The van der Waals surface area contributed by atoms with Gasteiger partial charge in [0.2, 0.25) is 5.76 Å². The standard InChI is InChI=1S/C14H16O3/c1-10(2)6-7-11-4-3-5-12(8-11)9-13(15)14(16)17/h3-6,8-9,15H,7H2,1-2H3,(H,16,17). The van der Waals surface area contributed by atoms with Crippen molar-refractivity contribution in [2.75, 3.05) is 0 Å². The number of aliphatic hydroxyl groups excluding tert-OH is 1. The fraction of sp³-hybridized carbons (Fsp3) is 0.214. The van der Waals surface area contributed by atoms with Crippen molar-refractivity contribution in [1.29, 1.82) is 0 Å². The van der Waals surface area contributed by atoms with Crippen molar-refractivity contribution in [2.24, 2.45) is 0 Å². The maximum absolute atomic E-state index is 10.5. The van der Waals surface area contributed by atoms with Gasteiger partial charge in [0.05, 0.1) is 0 Å². The van der Waals surface area contributed by atoms with Crippen LogP contribution in [0.4, 0.5) is 0 Å². The van der Waals surface area contributed by atoms with Gasteiger partial charge in [-0.05, 0) is 37.5 Å². The second-order valence-electron chi connectivity index (χ2n) is 4.07. The molecule has 3 nitrogen and oxygen atoms in total. The largest absolute Gasteiger partial charge is 0.502 e. The van der Waals surface area contributed by atoms with Crippen molar-refractivity contribution in [3.8, 4) is 0 Å². The third-order valence-electron chi connectivity index (χ3n) is 2.22. The Morgan fingerprint density at radius 1 is 1.29 bits per heavy atom. The number of aliphatic hydroxyl groups is 1. The highest BCUT2D eigenvalue weighted by Gasteiger charge is 2.03. The molecule has 0 unspecified atom stereocenters. The third-order valence-corrected chi connectivity index (χ3v) is 2.22. The number of carboxylic acid groups (broad SMARTS) is 1. The summed E-state index contributed by atoms with van der Waals surface area (Å²) in [6.07, 6.45) is 4.14. The highest BCUT2D eigenvalue weighted by Crippen LogP contribution is 2.10. The first-order chi connectivity index (χ1) is 7.99. The lowest BCUT2D eigenvalue weighted by Crippen LogP contribution is -1.98. The molecule has 0 aliphatic carbocycles. The Balaban J connectivity index is 2.90. The summed E-state index contributed by atoms with van der Waals surface area (Å²) in [4.78, 5) is 10.5. The van der Waals surface area contributed by atoms with Gasteiger partial charge in [-0.1, -0.05) is 35.9 Å². The zero-order valence-corrected chi connectivity index (χ0v) is 9.97. The lowest BCUT2D eigenvalue weighted by atomic mass is 10.1. The minimum atomic E-state index is -1.32. The number of aliphatic carboxylic acids is 1. The first kappa shape index (κ1) is 13.0. The minimum absolute atomic E-state index is 0.649. The molecule has 90 valence electrons. The summed E-state index contributed by atoms with van der Waals surface area (Å²) in [5.74, 6) is -1.97. The van der Waals surface area contributed by atoms with Crippen LogP contribution in [-0.4, -0.2) is 16.2 Å². The molecule has 0 spiro atoms. The Morgan fingerprint density at radius 3 is 2.59 bits per heavy atom. The van der Waals surface area contributed by atoms with Gasteiger partial charge in [-0.3, -0.25) is 0 Å². The molecule has 0 aliphatic rings. The highest BCUT2D eigenvalue weighted by molar-refractivity contribution is 5.89. The number of allylic oxidation sites excluding steroid dienone is 2. The third kappa shape index (κ3) is 4.55. The topological polar surface area (TPSA) is 57.5 Å². The first-order valence-electron chi connectivity index (χ1n) is 5.35. The van der Waals surface area contributed by atoms with Crippen LogP contribution in [0.2, 0.25) is 0 Å². The molecular weight excluding hydrogens is 216 g/mol. The maximum Gasteiger partial charge on any atom is 0.370 e. The molecule has 3 heteroatoms. The smallest absolute Gasteiger partial charge is 0.370 e. The van der Waals surface area contributed by atoms with Crippen LogP contribution in [-0.2, 0) is 11.2 Å². The predicted octanol–water partition coefficient (Wildman–Crippen LogP) is 3.18. The Morgan fingerprint density at radius 2 is 2.00 bits per heavy atom. The second kappa shape index (κ2) is 5.89. The van der Waals surface area contributed by atoms with Crippen molar-refractivity contribution >= 4 is 12.0 Å². The van der Waals surface area contributed by atoms with Crippen LogP contribution in [0.3, 0.4) is 0 Å². The van der Waals surface area contributed by atoms with Crippen molar-refractivity contribution in [3.63, 3.8) is 0 Å². The van der Waals surface area contributed by atoms with E-state index in [1.54, 1.807) is 6.07 Å². The van der Waals surface area contributed by atoms with Crippen molar-refractivity contribution < 1.29 is 15.0 Å². The Kier molecular flexibility index (Phi) is 4.52. The van der Waals surface area contributed by atoms with E-state index in [-0.39, 0.29) is 0 Å². The molecule has 0 atom stereocenters. The number of hydrogen-bond acceptors (Lipinski definition) is 2. The molecule has 0 radical (unpaired) electrons. The zero-order chi connectivity index (χ0) is 12.8. The number of benzene rings is 1. The van der Waals surface area contributed by atoms with Crippen molar-refractivity contribution in [1.82, 2.24) is 0 Å². The maximum atomic E-state index is 10.5. The Bertz CT molecular complexity index is 466. The zero-order valence-electron chi connectivity index (χ0n) is 9.97. The van der Waals surface area contributed by atoms with Gasteiger partial charge in [-0.2, -0.15) is 0 Å². The van der Waals surface area contributed by atoms with Gasteiger partial charge in [0.15, 0.2) is 0 Å². The monoisotopic (exact) mass is 232 g/mol. The van der Waals surface area contributed by atoms with E-state index in [4.69, 9.17) is 10.2 Å². The van der Waals surface area contributed by atoms with Gasteiger partial charge in [0.1, 0.15) is 0 Å². The molecule has 17 heavy (non-hydrogen) atoms. The van der Waals surface area contributed by atoms with Crippen LogP contribution in [0.5, 0.6) is 0 Å². The second-order valence-corrected chi connectivity index (χ2v) is 4.07. The normalized spacial score (nSPS) is 11.1. The molecule has 0 saturated heterocycles. The molecule has 0 saturated carbocycles. The molecule has 2 N–H and O–H groups in total. The van der Waals surface area contributed by atoms with Crippen LogP contribution in [0.1, 0.15) is 25.0 Å². The first-order valence-corrected chi connectivity index (χ1v) is 5.35. The average Bonchev–Trinajstić information content (AvgIpc) is 2.26. The molecule has 0 fully saturated rings. The van der Waals surface area contributed by atoms with Crippen LogP contribution in [0.25, 0.3) is 6.08 Å². The van der Waals surface area contributed by atoms with Gasteiger partial charge in [0, 0.05) is 0 Å². The van der Waals surface area contributed by atoms with E-state index in [9.17, 15) is 4.79 Å². The van der Waals surface area contributed by atoms with E-state index in [0.29, 0.717) is 5.56 Å². The summed E-state index contributed by atoms with van der Waals surface area (Å²) < 4.78 is 0. The number of rotatable bonds is 4. The van der Waals surface area contributed by atoms with Gasteiger partial charge >= 0.3 is 5.97 Å². The predicted molar refractivity (Wildman–Crippen MR) is 67.8 cm³/mol. The highest BCUT2D eigenvalue weighted by atomic mass is 16.4. The van der Waals surface area contributed by atoms with Crippen LogP contribution in [0.15, 0.2) is 41.7 Å². The molecule has 0 amide bonds. The van der Waals surface area contributed by atoms with E-state index in [1.165, 1.54) is 11.6 Å². The van der Waals surface area contributed by atoms with E-state index < -0.39 is 11.7 Å². The van der Waals surface area contributed by atoms with Gasteiger partial charge in [-0.25, -0.2) is 4.79 Å². The lowest BCUT2D eigenvalue weighted by Gasteiger charge is -2.00. The van der Waals surface area contributed by atoms with Crippen LogP contribution in [0, 0.1) is 0 Å². The number of carboxylic acids is 1. The molecule has 1 aromatic rings. The van der Waals surface area contributed by atoms with E-state index in [1.807, 2.05) is 32.0 Å². The lowest BCUT2D eigenvalue weighted by molar-refractivity contribution is -0.135. The molecular formula is C14H16O3. The average molecular weight is 232 g/mol. The molecule has 0 aromatic heterocycles. The molecule has 0 heterocycles. The van der Waals surface area contributed by atoms with E-state index in [2.05, 4.69) is 6.08 Å². The minimum Gasteiger partial charge on any atom is -0.502 e. The fourth-order valence-electron chi connectivity index (χ4n) is 1.35. The van der Waals surface area contributed by atoms with E-state index in [0.717, 1.165) is 12.0 Å². The number of hydrogen-bond donors (Lipinski definition) is 2. The Labute approximate surface area is 101 Å². The molecule has 0 bridgehead atoms. The molecule has 1 aromatic carbocycles. The molecule has 1 rings (SSSR count). The summed E-state index contributed by atoms with van der Waals surface area (Å²) in [6, 6.07) is 7.42. The summed E-state index contributed by atoms with van der Waals surface area (Å²) in [6.45, 7) is 4.06. The van der Waals surface area contributed by atoms with Gasteiger partial charge in [0.25, 0.3) is 0 Å². The number of carbonyl (C=O) groups is 1. The summed E-state index contributed by atoms with van der Waals surface area (Å²) in [7, 11) is 0. The summed E-state index contributed by atoms with van der Waals surface area (Å²) >= 11 is 0. The summed E-state index contributed by atoms with van der Waals surface area (Å²) in [5.41, 5.74) is 3.00. The molecule has 0 aliphatic heterocycles. The van der Waals surface area contributed by atoms with Crippen molar-refractivity contribution in [3.05, 3.63) is 52.8 Å². The van der Waals surface area contributed by atoms with E-state index >= 15 is 0 Å². The van der Waals surface area contributed by atoms with Crippen molar-refractivity contribution in [2.45, 2.75) is 20.3 Å². The SMILES string of the molecule is CC(C)=CCc1cccc(C=C(O)C(=O)O)c1. The quantitative estimate of drug-likeness (QED) is 0.476. The summed E-state index contributed by atoms with van der Waals surface area (Å²) in [5, 5.41) is 17.7. The Hall–Kier alpha value is -2.03. The fourth-order valence-corrected chi connectivity index (χ4v) is 1.35. The van der Waals surface area contributed by atoms with Crippen LogP contribution < -0.4 is 0 Å². The van der Waals surface area contributed by atoms with Gasteiger partial charge in [-0.15, -0.1) is 0 Å².